The molecule has 0 saturated heterocycles. The second-order valence-corrected chi connectivity index (χ2v) is 4.52. The monoisotopic (exact) mass is 289 g/mol. The Morgan fingerprint density at radius 1 is 1.50 bits per heavy atom. The van der Waals surface area contributed by atoms with Crippen LogP contribution in [-0.2, 0) is 0 Å². The average molecular weight is 290 g/mol. The lowest BCUT2D eigenvalue weighted by molar-refractivity contribution is 0.188. The van der Waals surface area contributed by atoms with Gasteiger partial charge in [-0.25, -0.2) is 4.39 Å². The molecule has 0 aliphatic heterocycles. The van der Waals surface area contributed by atoms with Crippen LogP contribution in [0.4, 0.5) is 4.39 Å². The largest absolute Gasteiger partial charge is 0.488 e. The second kappa shape index (κ2) is 6.86. The third-order valence-electron chi connectivity index (χ3n) is 2.23. The van der Waals surface area contributed by atoms with Gasteiger partial charge in [-0.1, -0.05) is 13.3 Å². The topological polar surface area (TPSA) is 21.3 Å². The maximum absolute atomic E-state index is 12.9. The van der Waals surface area contributed by atoms with Gasteiger partial charge in [-0.05, 0) is 47.6 Å². The van der Waals surface area contributed by atoms with Crippen molar-refractivity contribution in [2.45, 2.75) is 25.9 Å². The Bertz CT molecular complexity index is 327. The fourth-order valence-electron chi connectivity index (χ4n) is 1.50. The summed E-state index contributed by atoms with van der Waals surface area (Å²) >= 11 is 3.29. The molecule has 0 radical (unpaired) electrons. The minimum absolute atomic E-state index is 0.122. The van der Waals surface area contributed by atoms with Crippen LogP contribution in [0.5, 0.6) is 5.75 Å². The van der Waals surface area contributed by atoms with E-state index in [1.807, 2.05) is 7.05 Å². The van der Waals surface area contributed by atoms with Gasteiger partial charge in [-0.3, -0.25) is 0 Å². The quantitative estimate of drug-likeness (QED) is 0.867. The molecule has 0 aliphatic rings. The van der Waals surface area contributed by atoms with Crippen LogP contribution in [0.3, 0.4) is 0 Å². The third-order valence-corrected chi connectivity index (χ3v) is 2.85. The first-order valence-electron chi connectivity index (χ1n) is 5.43. The van der Waals surface area contributed by atoms with E-state index in [9.17, 15) is 4.39 Å². The highest BCUT2D eigenvalue weighted by Crippen LogP contribution is 2.26. The van der Waals surface area contributed by atoms with Gasteiger partial charge < -0.3 is 10.1 Å². The lowest BCUT2D eigenvalue weighted by Crippen LogP contribution is -2.29. The Kier molecular flexibility index (Phi) is 5.77. The van der Waals surface area contributed by atoms with Crippen LogP contribution >= 0.6 is 15.9 Å². The summed E-state index contributed by atoms with van der Waals surface area (Å²) in [5.41, 5.74) is 0. The number of halogens is 2. The fraction of sp³-hybridized carbons (Fsp3) is 0.500. The predicted octanol–water partition coefficient (Wildman–Crippen LogP) is 3.36. The van der Waals surface area contributed by atoms with E-state index in [2.05, 4.69) is 28.2 Å². The lowest BCUT2D eigenvalue weighted by atomic mass is 10.2. The molecule has 16 heavy (non-hydrogen) atoms. The van der Waals surface area contributed by atoms with Crippen molar-refractivity contribution in [3.05, 3.63) is 28.5 Å². The summed E-state index contributed by atoms with van der Waals surface area (Å²) < 4.78 is 19.3. The molecular formula is C12H17BrFNO. The number of hydrogen-bond donors (Lipinski definition) is 1. The minimum atomic E-state index is -0.264. The zero-order chi connectivity index (χ0) is 12.0. The van der Waals surface area contributed by atoms with Gasteiger partial charge in [0, 0.05) is 6.54 Å². The zero-order valence-corrected chi connectivity index (χ0v) is 11.2. The molecule has 0 saturated carbocycles. The van der Waals surface area contributed by atoms with Crippen molar-refractivity contribution in [2.75, 3.05) is 13.6 Å². The van der Waals surface area contributed by atoms with Crippen molar-refractivity contribution < 1.29 is 9.13 Å². The summed E-state index contributed by atoms with van der Waals surface area (Å²) in [6.07, 6.45) is 2.16. The Balaban J connectivity index is 2.68. The Morgan fingerprint density at radius 3 is 2.81 bits per heavy atom. The molecular weight excluding hydrogens is 273 g/mol. The lowest BCUT2D eigenvalue weighted by Gasteiger charge is -2.19. The second-order valence-electron chi connectivity index (χ2n) is 3.66. The highest BCUT2D eigenvalue weighted by molar-refractivity contribution is 9.10. The molecule has 0 aliphatic carbocycles. The number of hydrogen-bond acceptors (Lipinski definition) is 2. The highest BCUT2D eigenvalue weighted by Gasteiger charge is 2.11. The van der Waals surface area contributed by atoms with E-state index in [0.717, 1.165) is 19.4 Å². The van der Waals surface area contributed by atoms with Gasteiger partial charge in [0.25, 0.3) is 0 Å². The van der Waals surface area contributed by atoms with Crippen LogP contribution < -0.4 is 10.1 Å². The van der Waals surface area contributed by atoms with E-state index in [0.29, 0.717) is 10.2 Å². The van der Waals surface area contributed by atoms with Gasteiger partial charge >= 0.3 is 0 Å². The molecule has 0 heterocycles. The number of benzene rings is 1. The molecule has 0 bridgehead atoms. The molecule has 1 N–H and O–H groups in total. The zero-order valence-electron chi connectivity index (χ0n) is 9.59. The van der Waals surface area contributed by atoms with E-state index < -0.39 is 0 Å². The smallest absolute Gasteiger partial charge is 0.134 e. The SMILES string of the molecule is CCCC(CNC)Oc1ccc(F)cc1Br. The Labute approximate surface area is 104 Å². The maximum Gasteiger partial charge on any atom is 0.134 e. The summed E-state index contributed by atoms with van der Waals surface area (Å²) in [5, 5.41) is 3.09. The Morgan fingerprint density at radius 2 is 2.25 bits per heavy atom. The molecule has 0 aromatic heterocycles. The predicted molar refractivity (Wildman–Crippen MR) is 67.4 cm³/mol. The minimum Gasteiger partial charge on any atom is -0.488 e. The van der Waals surface area contributed by atoms with Gasteiger partial charge in [-0.15, -0.1) is 0 Å². The van der Waals surface area contributed by atoms with E-state index >= 15 is 0 Å². The summed E-state index contributed by atoms with van der Waals surface area (Å²) in [6.45, 7) is 2.91. The van der Waals surface area contributed by atoms with E-state index in [1.165, 1.54) is 12.1 Å². The molecule has 1 unspecified atom stereocenters. The van der Waals surface area contributed by atoms with Crippen molar-refractivity contribution >= 4 is 15.9 Å². The molecule has 4 heteroatoms. The van der Waals surface area contributed by atoms with Crippen LogP contribution in [0.15, 0.2) is 22.7 Å². The summed E-state index contributed by atoms with van der Waals surface area (Å²) in [7, 11) is 1.89. The molecule has 90 valence electrons. The van der Waals surface area contributed by atoms with Crippen molar-refractivity contribution in [1.82, 2.24) is 5.32 Å². The summed E-state index contributed by atoms with van der Waals surface area (Å²) in [4.78, 5) is 0. The van der Waals surface area contributed by atoms with Crippen molar-refractivity contribution in [1.29, 1.82) is 0 Å². The maximum atomic E-state index is 12.9. The molecule has 2 nitrogen and oxygen atoms in total. The van der Waals surface area contributed by atoms with E-state index in [-0.39, 0.29) is 11.9 Å². The van der Waals surface area contributed by atoms with Crippen molar-refractivity contribution in [3.8, 4) is 5.75 Å². The molecule has 1 aromatic rings. The number of rotatable bonds is 6. The molecule has 0 amide bonds. The first kappa shape index (κ1) is 13.5. The number of likely N-dealkylation sites (N-methyl/N-ethyl adjacent to an activating group) is 1. The normalized spacial score (nSPS) is 12.5. The van der Waals surface area contributed by atoms with Crippen molar-refractivity contribution in [3.63, 3.8) is 0 Å². The van der Waals surface area contributed by atoms with Crippen LogP contribution in [0.25, 0.3) is 0 Å². The molecule has 0 spiro atoms. The number of nitrogens with one attached hydrogen (secondary N) is 1. The molecule has 1 atom stereocenters. The first-order chi connectivity index (χ1) is 7.67. The molecule has 0 fully saturated rings. The van der Waals surface area contributed by atoms with Gasteiger partial charge in [-0.2, -0.15) is 0 Å². The average Bonchev–Trinajstić information content (AvgIpc) is 2.23. The van der Waals surface area contributed by atoms with E-state index in [4.69, 9.17) is 4.74 Å². The van der Waals surface area contributed by atoms with Crippen LogP contribution in [0.1, 0.15) is 19.8 Å². The van der Waals surface area contributed by atoms with E-state index in [1.54, 1.807) is 6.07 Å². The highest BCUT2D eigenvalue weighted by atomic mass is 79.9. The van der Waals surface area contributed by atoms with Crippen LogP contribution in [-0.4, -0.2) is 19.7 Å². The van der Waals surface area contributed by atoms with Crippen molar-refractivity contribution in [2.24, 2.45) is 0 Å². The van der Waals surface area contributed by atoms with Gasteiger partial charge in [0.1, 0.15) is 17.7 Å². The van der Waals surface area contributed by atoms with Gasteiger partial charge in [0.2, 0.25) is 0 Å². The van der Waals surface area contributed by atoms with Gasteiger partial charge in [0.05, 0.1) is 4.47 Å². The van der Waals surface area contributed by atoms with Gasteiger partial charge in [0.15, 0.2) is 0 Å². The summed E-state index contributed by atoms with van der Waals surface area (Å²) in [6, 6.07) is 4.47. The Hall–Kier alpha value is -0.610. The molecule has 1 rings (SSSR count). The first-order valence-corrected chi connectivity index (χ1v) is 6.23. The summed E-state index contributed by atoms with van der Waals surface area (Å²) in [5.74, 6) is 0.426. The van der Waals surface area contributed by atoms with Crippen LogP contribution in [0.2, 0.25) is 0 Å². The number of ether oxygens (including phenoxy) is 1. The molecule has 1 aromatic carbocycles. The third kappa shape index (κ3) is 4.10. The fourth-order valence-corrected chi connectivity index (χ4v) is 1.95. The standard InChI is InChI=1S/C12H17BrFNO/c1-3-4-10(8-15-2)16-12-6-5-9(14)7-11(12)13/h5-7,10,15H,3-4,8H2,1-2H3. The van der Waals surface area contributed by atoms with Crippen LogP contribution in [0, 0.1) is 5.82 Å².